The molecule has 0 N–H and O–H groups in total. The van der Waals surface area contributed by atoms with Crippen LogP contribution in [0.2, 0.25) is 0 Å². The van der Waals surface area contributed by atoms with Crippen molar-refractivity contribution in [2.45, 2.75) is 198 Å². The third kappa shape index (κ3) is 25.8. The highest BCUT2D eigenvalue weighted by Gasteiger charge is 2.40. The molecule has 0 amide bonds. The first-order valence-electron chi connectivity index (χ1n) is 49.3. The lowest BCUT2D eigenvalue weighted by atomic mass is 9.82. The van der Waals surface area contributed by atoms with E-state index in [4.69, 9.17) is 23.7 Å². The molecule has 740 valence electrons. The predicted molar refractivity (Wildman–Crippen MR) is 537 cm³/mol. The minimum absolute atomic E-state index is 0.104. The molecule has 0 aliphatic heterocycles. The van der Waals surface area contributed by atoms with Gasteiger partial charge in [0, 0.05) is 111 Å². The van der Waals surface area contributed by atoms with E-state index in [9.17, 15) is 74.3 Å². The molecular formula is C114H114N16O15. The molecule has 5 unspecified atom stereocenters. The van der Waals surface area contributed by atoms with Crippen molar-refractivity contribution >= 4 is 86.6 Å². The first kappa shape index (κ1) is 109. The van der Waals surface area contributed by atoms with Crippen molar-refractivity contribution in [3.63, 3.8) is 0 Å². The lowest BCUT2D eigenvalue weighted by molar-refractivity contribution is -0.140. The predicted octanol–water partition coefficient (Wildman–Crippen LogP) is 19.9. The van der Waals surface area contributed by atoms with E-state index in [0.717, 1.165) is 128 Å². The number of aromatic nitrogens is 11. The van der Waals surface area contributed by atoms with Gasteiger partial charge in [-0.1, -0.05) is 220 Å². The average Bonchev–Trinajstić information content (AvgIpc) is 0.768. The number of nitriles is 5. The first-order chi connectivity index (χ1) is 70.6. The van der Waals surface area contributed by atoms with E-state index >= 15 is 0 Å². The molecule has 5 aliphatic rings. The Balaban J connectivity index is 0.000000173. The Morgan fingerprint density at radius 3 is 0.772 bits per heavy atom. The summed E-state index contributed by atoms with van der Waals surface area (Å²) in [6.07, 6.45) is 35.7. The van der Waals surface area contributed by atoms with Crippen LogP contribution in [0.1, 0.15) is 334 Å². The summed E-state index contributed by atoms with van der Waals surface area (Å²) in [7, 11) is 0. The number of carbonyl (C=O) groups is 10. The van der Waals surface area contributed by atoms with E-state index in [2.05, 4.69) is 117 Å². The Bertz CT molecular complexity index is 5710. The smallest absolute Gasteiger partial charge is 0.349 e. The number of fused-ring (bicyclic) bond motifs is 10. The van der Waals surface area contributed by atoms with E-state index in [1.807, 2.05) is 37.3 Å². The lowest BCUT2D eigenvalue weighted by Crippen LogP contribution is -2.22. The molecule has 0 radical (unpaired) electrons. The second-order valence-corrected chi connectivity index (χ2v) is 35.0. The van der Waals surface area contributed by atoms with Crippen molar-refractivity contribution in [3.8, 4) is 30.3 Å². The normalized spacial score (nSPS) is 14.6. The summed E-state index contributed by atoms with van der Waals surface area (Å²) < 4.78 is 27.5. The molecule has 2 aromatic carbocycles. The number of hydrogen-bond acceptors (Lipinski definition) is 31. The van der Waals surface area contributed by atoms with E-state index in [-0.39, 0.29) is 181 Å². The summed E-state index contributed by atoms with van der Waals surface area (Å²) >= 11 is 0. The number of ketones is 5. The minimum atomic E-state index is -0.744. The lowest BCUT2D eigenvalue weighted by Gasteiger charge is -2.21. The number of pyridine rings is 5. The van der Waals surface area contributed by atoms with Crippen LogP contribution in [0.4, 0.5) is 0 Å². The Morgan fingerprint density at radius 1 is 0.248 bits per heavy atom. The molecule has 0 fully saturated rings. The fourth-order valence-electron chi connectivity index (χ4n) is 17.2. The van der Waals surface area contributed by atoms with Crippen molar-refractivity contribution in [3.05, 3.63) is 318 Å². The van der Waals surface area contributed by atoms with Gasteiger partial charge in [0.1, 0.15) is 88.6 Å². The Morgan fingerprint density at radius 2 is 0.462 bits per heavy atom. The molecule has 15 rings (SSSR count). The quantitative estimate of drug-likeness (QED) is 0.0154. The highest BCUT2D eigenvalue weighted by atomic mass is 16.5. The molecule has 5 atom stereocenters. The van der Waals surface area contributed by atoms with Gasteiger partial charge in [-0.05, 0) is 127 Å². The maximum Gasteiger partial charge on any atom is 0.349 e. The number of benzene rings is 2. The van der Waals surface area contributed by atoms with Crippen LogP contribution in [0.25, 0.3) is 27.9 Å². The van der Waals surface area contributed by atoms with Gasteiger partial charge in [0.2, 0.25) is 11.6 Å². The molecule has 0 saturated carbocycles. The van der Waals surface area contributed by atoms with Gasteiger partial charge < -0.3 is 23.7 Å². The summed E-state index contributed by atoms with van der Waals surface area (Å²) in [6, 6.07) is 40.3. The number of carbonyl (C=O) groups excluding carboxylic acids is 10. The third-order valence-electron chi connectivity index (χ3n) is 25.7. The minimum Gasteiger partial charge on any atom is -0.461 e. The van der Waals surface area contributed by atoms with Crippen molar-refractivity contribution in [2.75, 3.05) is 33.0 Å². The number of ether oxygens (including phenoxy) is 5. The van der Waals surface area contributed by atoms with Crippen LogP contribution >= 0.6 is 0 Å². The standard InChI is InChI=1S/C24H24N2O3.3C23H23N3O3.C21H21N5O3/c1-3-5-9-16(4-2)15-29-24(28)20(14-25)21-17-10-6-7-11-18(17)23(27)19-12-8-13-26-22(19)21;1-3-5-8-15(4-2)14-29-23(28)18(13-24)19-16-9-6-12-26-21(16)22(27)17-10-7-11-25-20(17)19;1-3-5-8-15(4-2)14-29-23(28)18(13-24)19-20-16(9-6-11-25-20)22(27)17-10-7-12-26-21(17)19;1-3-5-8-15(4-2)13-29-23(28)18(11-24)20-16-9-6-7-10-17(16)22(27)19-12-25-14-26-21(19)20;1-3-5-6-13(4-2)10-29-21(28)14(7-22)17-15-8-23-12-26-19(15)20(27)16-9-24-11-25-18(16)17/h6-8,10-13,16H,3-5,9,15H2,1-2H3;2*6-7,9-12,15H,3-5,8,14H2,1-2H3;6-7,9-10,12,14-15H,3-5,8,13H2,1-2H3;8-9,11-13H,3-6,10H2,1-2H3/b21-20+;19-18+;;20-18-;17-14+. The molecule has 31 heteroatoms. The fraction of sp³-hybridized carbons (Fsp3) is 0.351. The summed E-state index contributed by atoms with van der Waals surface area (Å²) in [5.74, 6) is -3.48. The van der Waals surface area contributed by atoms with Gasteiger partial charge in [-0.2, -0.15) is 26.3 Å². The molecule has 0 spiro atoms. The zero-order valence-electron chi connectivity index (χ0n) is 83.1. The molecule has 31 nitrogen and oxygen atoms in total. The van der Waals surface area contributed by atoms with Gasteiger partial charge in [0.05, 0.1) is 89.5 Å². The van der Waals surface area contributed by atoms with Crippen molar-refractivity contribution in [2.24, 2.45) is 29.6 Å². The molecule has 5 aliphatic carbocycles. The maximum absolute atomic E-state index is 12.9. The first-order valence-corrected chi connectivity index (χ1v) is 49.3. The average molecular weight is 1950 g/mol. The Kier molecular flexibility index (Phi) is 40.7. The second-order valence-electron chi connectivity index (χ2n) is 35.0. The topological polar surface area (TPSA) is 478 Å². The number of esters is 5. The molecular weight excluding hydrogens is 1830 g/mol. The highest BCUT2D eigenvalue weighted by molar-refractivity contribution is 6.25. The van der Waals surface area contributed by atoms with Crippen LogP contribution in [0.15, 0.2) is 206 Å². The van der Waals surface area contributed by atoms with Crippen molar-refractivity contribution in [1.29, 1.82) is 26.3 Å². The van der Waals surface area contributed by atoms with E-state index in [1.54, 1.807) is 115 Å². The van der Waals surface area contributed by atoms with Crippen molar-refractivity contribution in [1.82, 2.24) is 54.8 Å². The Hall–Kier alpha value is -16.7. The van der Waals surface area contributed by atoms with Gasteiger partial charge in [-0.15, -0.1) is 0 Å². The second kappa shape index (κ2) is 54.3. The van der Waals surface area contributed by atoms with Crippen LogP contribution in [-0.4, -0.2) is 147 Å². The maximum atomic E-state index is 12.9. The molecule has 10 aromatic rings. The Labute approximate surface area is 843 Å². The largest absolute Gasteiger partial charge is 0.461 e. The van der Waals surface area contributed by atoms with E-state index in [0.29, 0.717) is 78.2 Å². The van der Waals surface area contributed by atoms with Crippen LogP contribution in [0.5, 0.6) is 0 Å². The number of rotatable bonds is 35. The van der Waals surface area contributed by atoms with Crippen molar-refractivity contribution < 1.29 is 71.6 Å². The molecule has 8 heterocycles. The van der Waals surface area contributed by atoms with Gasteiger partial charge in [0.25, 0.3) is 0 Å². The zero-order chi connectivity index (χ0) is 104. The molecule has 0 saturated heterocycles. The van der Waals surface area contributed by atoms with Crippen LogP contribution in [-0.2, 0) is 47.7 Å². The summed E-state index contributed by atoms with van der Waals surface area (Å²) in [6.45, 7) is 22.2. The summed E-state index contributed by atoms with van der Waals surface area (Å²) in [5.41, 5.74) is 7.16. The van der Waals surface area contributed by atoms with Crippen LogP contribution < -0.4 is 0 Å². The monoisotopic (exact) mass is 1950 g/mol. The van der Waals surface area contributed by atoms with E-state index in [1.165, 1.54) is 62.4 Å². The zero-order valence-corrected chi connectivity index (χ0v) is 83.1. The highest BCUT2D eigenvalue weighted by Crippen LogP contribution is 2.43. The van der Waals surface area contributed by atoms with Gasteiger partial charge in [0.15, 0.2) is 17.3 Å². The van der Waals surface area contributed by atoms with E-state index < -0.39 is 29.8 Å². The molecule has 145 heavy (non-hydrogen) atoms. The van der Waals surface area contributed by atoms with Gasteiger partial charge >= 0.3 is 29.8 Å². The fourth-order valence-corrected chi connectivity index (χ4v) is 17.2. The summed E-state index contributed by atoms with van der Waals surface area (Å²) in [5, 5.41) is 48.9. The van der Waals surface area contributed by atoms with Gasteiger partial charge in [-0.25, -0.2) is 53.9 Å². The SMILES string of the molecule is CCCCC(CC)COC(=O)/C(C#N)=C1/c2ccccc2C(=O)c2cncnc21.CCCCC(CC)COC(=O)/C(C#N)=C1\c2ccccc2C(=O)c2cccnc21.CCCCC(CC)COC(=O)/C(C#N)=C1\c2cccnc2C(=O)c2cccnc21.CCCCC(CC)COC(=O)/C(C#N)=C1\c2cncnc2C(=O)c2cncnc21.CCCCC(CC)COC(=O)C(C#N)=C1c2ncccc2C(=O)c2cccnc21. The third-order valence-corrected chi connectivity index (χ3v) is 25.7. The summed E-state index contributed by atoms with van der Waals surface area (Å²) in [4.78, 5) is 173. The number of hydrogen-bond donors (Lipinski definition) is 0. The van der Waals surface area contributed by atoms with Crippen LogP contribution in [0.3, 0.4) is 0 Å². The molecule has 0 bridgehead atoms. The van der Waals surface area contributed by atoms with Gasteiger partial charge in [-0.3, -0.25) is 48.9 Å². The number of nitrogens with zero attached hydrogens (tertiary/aromatic N) is 16. The van der Waals surface area contributed by atoms with Crippen LogP contribution in [0, 0.1) is 86.2 Å². The number of unbranched alkanes of at least 4 members (excludes halogenated alkanes) is 5. The molecule has 8 aromatic heterocycles.